The number of carbonyl (C=O) groups is 1. The molecule has 0 bridgehead atoms. The molecule has 0 unspecified atom stereocenters. The fraction of sp³-hybridized carbons (Fsp3) is 0.333. The Morgan fingerprint density at radius 1 is 1.11 bits per heavy atom. The second kappa shape index (κ2) is 10.6. The predicted octanol–water partition coefficient (Wildman–Crippen LogP) is 5.61. The van der Waals surface area contributed by atoms with Crippen molar-refractivity contribution in [3.63, 3.8) is 0 Å². The Bertz CT molecular complexity index is 1170. The maximum Gasteiger partial charge on any atom is 0.416 e. The Labute approximate surface area is 202 Å². The van der Waals surface area contributed by atoms with E-state index in [1.54, 1.807) is 30.5 Å². The number of halogens is 3. The smallest absolute Gasteiger partial charge is 0.381 e. The van der Waals surface area contributed by atoms with Gasteiger partial charge >= 0.3 is 6.18 Å². The highest BCUT2D eigenvalue weighted by Crippen LogP contribution is 2.34. The zero-order valence-corrected chi connectivity index (χ0v) is 19.4. The number of amides is 1. The van der Waals surface area contributed by atoms with Gasteiger partial charge in [0, 0.05) is 26.0 Å². The van der Waals surface area contributed by atoms with Gasteiger partial charge in [0.15, 0.2) is 0 Å². The van der Waals surface area contributed by atoms with Crippen LogP contribution in [-0.4, -0.2) is 24.1 Å². The average Bonchev–Trinajstić information content (AvgIpc) is 2.88. The van der Waals surface area contributed by atoms with Gasteiger partial charge < -0.3 is 15.8 Å². The minimum Gasteiger partial charge on any atom is -0.381 e. The number of pyridine rings is 1. The van der Waals surface area contributed by atoms with Gasteiger partial charge in [0.1, 0.15) is 5.69 Å². The minimum absolute atomic E-state index is 0.127. The molecule has 0 spiro atoms. The molecule has 1 amide bonds. The predicted molar refractivity (Wildman–Crippen MR) is 128 cm³/mol. The first-order valence-corrected chi connectivity index (χ1v) is 11.6. The van der Waals surface area contributed by atoms with Crippen LogP contribution in [0.1, 0.15) is 64.5 Å². The normalized spacial score (nSPS) is 15.6. The molecule has 1 aromatic heterocycles. The third-order valence-electron chi connectivity index (χ3n) is 6.44. The van der Waals surface area contributed by atoms with Crippen molar-refractivity contribution in [2.24, 2.45) is 5.73 Å². The van der Waals surface area contributed by atoms with E-state index in [1.165, 1.54) is 6.07 Å². The van der Waals surface area contributed by atoms with Crippen LogP contribution in [0.3, 0.4) is 0 Å². The second-order valence-electron chi connectivity index (χ2n) is 8.75. The first-order valence-electron chi connectivity index (χ1n) is 11.6. The zero-order valence-electron chi connectivity index (χ0n) is 19.4. The van der Waals surface area contributed by atoms with Gasteiger partial charge in [-0.15, -0.1) is 0 Å². The van der Waals surface area contributed by atoms with E-state index in [0.717, 1.165) is 49.3 Å². The van der Waals surface area contributed by atoms with E-state index in [-0.39, 0.29) is 18.5 Å². The Morgan fingerprint density at radius 2 is 1.83 bits per heavy atom. The van der Waals surface area contributed by atoms with Crippen LogP contribution >= 0.6 is 0 Å². The molecule has 5 nitrogen and oxygen atoms in total. The van der Waals surface area contributed by atoms with Crippen LogP contribution in [0.5, 0.6) is 0 Å². The van der Waals surface area contributed by atoms with Crippen LogP contribution in [0, 0.1) is 0 Å². The molecule has 4 rings (SSSR count). The SMILES string of the molecule is C[C@@H](NC(=O)c1cc(C2CCOCC2)ccn1)c1ccc(-c2cc(C(F)(F)F)ccc2CN)cc1. The molecule has 1 saturated heterocycles. The minimum atomic E-state index is -4.43. The number of hydrogen-bond donors (Lipinski definition) is 2. The summed E-state index contributed by atoms with van der Waals surface area (Å²) in [6.07, 6.45) is -0.933. The van der Waals surface area contributed by atoms with E-state index in [1.807, 2.05) is 19.1 Å². The van der Waals surface area contributed by atoms with Crippen molar-refractivity contribution in [2.75, 3.05) is 13.2 Å². The zero-order chi connectivity index (χ0) is 25.0. The van der Waals surface area contributed by atoms with Crippen molar-refractivity contribution in [3.8, 4) is 11.1 Å². The molecule has 0 radical (unpaired) electrons. The van der Waals surface area contributed by atoms with Crippen LogP contribution in [0.25, 0.3) is 11.1 Å². The van der Waals surface area contributed by atoms with E-state index < -0.39 is 11.7 Å². The van der Waals surface area contributed by atoms with Crippen molar-refractivity contribution < 1.29 is 22.7 Å². The van der Waals surface area contributed by atoms with E-state index in [9.17, 15) is 18.0 Å². The number of aromatic nitrogens is 1. The van der Waals surface area contributed by atoms with Gasteiger partial charge in [0.05, 0.1) is 11.6 Å². The standard InChI is InChI=1S/C27H28F3N3O2/c1-17(33-26(34)25-14-21(8-11-32-25)19-9-12-35-13-10-19)18-2-4-20(5-3-18)24-15-23(27(28,29)30)7-6-22(24)16-31/h2-8,11,14-15,17,19H,9-10,12-13,16,31H2,1H3,(H,33,34)/t17-/m1/s1. The average molecular weight is 484 g/mol. The van der Waals surface area contributed by atoms with Gasteiger partial charge in [-0.25, -0.2) is 0 Å². The largest absolute Gasteiger partial charge is 0.416 e. The van der Waals surface area contributed by atoms with Gasteiger partial charge in [0.25, 0.3) is 5.91 Å². The summed E-state index contributed by atoms with van der Waals surface area (Å²) in [6.45, 7) is 3.41. The van der Waals surface area contributed by atoms with Crippen molar-refractivity contribution in [1.82, 2.24) is 10.3 Å². The lowest BCUT2D eigenvalue weighted by Gasteiger charge is -2.22. The summed E-state index contributed by atoms with van der Waals surface area (Å²) in [7, 11) is 0. The third kappa shape index (κ3) is 5.89. The van der Waals surface area contributed by atoms with E-state index in [2.05, 4.69) is 10.3 Å². The fourth-order valence-corrected chi connectivity index (χ4v) is 4.36. The highest BCUT2D eigenvalue weighted by molar-refractivity contribution is 5.92. The van der Waals surface area contributed by atoms with Gasteiger partial charge in [-0.3, -0.25) is 9.78 Å². The van der Waals surface area contributed by atoms with Gasteiger partial charge in [-0.2, -0.15) is 13.2 Å². The summed E-state index contributed by atoms with van der Waals surface area (Å²) in [4.78, 5) is 17.1. The Balaban J connectivity index is 1.48. The lowest BCUT2D eigenvalue weighted by atomic mass is 9.92. The number of nitrogens with one attached hydrogen (secondary N) is 1. The van der Waals surface area contributed by atoms with Crippen LogP contribution in [-0.2, 0) is 17.5 Å². The van der Waals surface area contributed by atoms with Gasteiger partial charge in [-0.05, 0) is 77.8 Å². The monoisotopic (exact) mass is 483 g/mol. The molecule has 0 saturated carbocycles. The fourth-order valence-electron chi connectivity index (χ4n) is 4.36. The van der Waals surface area contributed by atoms with Crippen LogP contribution in [0.4, 0.5) is 13.2 Å². The van der Waals surface area contributed by atoms with E-state index >= 15 is 0 Å². The quantitative estimate of drug-likeness (QED) is 0.478. The Morgan fingerprint density at radius 3 is 2.49 bits per heavy atom. The molecule has 184 valence electrons. The van der Waals surface area contributed by atoms with Crippen molar-refractivity contribution >= 4 is 5.91 Å². The van der Waals surface area contributed by atoms with Crippen LogP contribution in [0.2, 0.25) is 0 Å². The highest BCUT2D eigenvalue weighted by atomic mass is 19.4. The number of benzene rings is 2. The number of nitrogens with zero attached hydrogens (tertiary/aromatic N) is 1. The number of carbonyl (C=O) groups excluding carboxylic acids is 1. The summed E-state index contributed by atoms with van der Waals surface area (Å²) in [5.41, 5.74) is 9.00. The molecule has 1 aliphatic rings. The number of hydrogen-bond acceptors (Lipinski definition) is 4. The number of rotatable bonds is 6. The Hall–Kier alpha value is -3.23. The number of alkyl halides is 3. The summed E-state index contributed by atoms with van der Waals surface area (Å²) in [5, 5.41) is 2.96. The molecular formula is C27H28F3N3O2. The lowest BCUT2D eigenvalue weighted by molar-refractivity contribution is -0.137. The molecule has 3 aromatic rings. The first-order chi connectivity index (χ1) is 16.8. The molecule has 1 atom stereocenters. The molecule has 2 aromatic carbocycles. The van der Waals surface area contributed by atoms with Gasteiger partial charge in [-0.1, -0.05) is 30.3 Å². The Kier molecular flexibility index (Phi) is 7.52. The van der Waals surface area contributed by atoms with E-state index in [4.69, 9.17) is 10.5 Å². The van der Waals surface area contributed by atoms with Crippen molar-refractivity contribution in [3.05, 3.63) is 88.7 Å². The molecule has 0 aliphatic carbocycles. The molecule has 8 heteroatoms. The van der Waals surface area contributed by atoms with Crippen LogP contribution < -0.4 is 11.1 Å². The lowest BCUT2D eigenvalue weighted by Crippen LogP contribution is -2.27. The molecule has 35 heavy (non-hydrogen) atoms. The first kappa shape index (κ1) is 24.9. The molecule has 2 heterocycles. The number of nitrogens with two attached hydrogens (primary N) is 1. The second-order valence-corrected chi connectivity index (χ2v) is 8.75. The summed E-state index contributed by atoms with van der Waals surface area (Å²) >= 11 is 0. The third-order valence-corrected chi connectivity index (χ3v) is 6.44. The summed E-state index contributed by atoms with van der Waals surface area (Å²) in [5.74, 6) is 0.0799. The topological polar surface area (TPSA) is 77.2 Å². The van der Waals surface area contributed by atoms with Crippen molar-refractivity contribution in [1.29, 1.82) is 0 Å². The molecule has 3 N–H and O–H groups in total. The summed E-state index contributed by atoms with van der Waals surface area (Å²) in [6, 6.07) is 14.1. The van der Waals surface area contributed by atoms with Crippen LogP contribution in [0.15, 0.2) is 60.8 Å². The maximum absolute atomic E-state index is 13.2. The molecular weight excluding hydrogens is 455 g/mol. The van der Waals surface area contributed by atoms with Crippen molar-refractivity contribution in [2.45, 2.75) is 44.4 Å². The molecule has 1 aliphatic heterocycles. The highest BCUT2D eigenvalue weighted by Gasteiger charge is 2.31. The maximum atomic E-state index is 13.2. The van der Waals surface area contributed by atoms with E-state index in [0.29, 0.717) is 28.3 Å². The van der Waals surface area contributed by atoms with Gasteiger partial charge in [0.2, 0.25) is 0 Å². The number of ether oxygens (including phenoxy) is 1. The molecule has 1 fully saturated rings. The summed E-state index contributed by atoms with van der Waals surface area (Å²) < 4.78 is 45.0.